The van der Waals surface area contributed by atoms with E-state index in [0.29, 0.717) is 31.2 Å². The van der Waals surface area contributed by atoms with Crippen molar-refractivity contribution in [3.8, 4) is 0 Å². The van der Waals surface area contributed by atoms with Crippen molar-refractivity contribution in [2.75, 3.05) is 31.2 Å². The van der Waals surface area contributed by atoms with Crippen LogP contribution in [-0.4, -0.2) is 69.6 Å². The molecule has 1 aromatic carbocycles. The van der Waals surface area contributed by atoms with Crippen LogP contribution >= 0.6 is 0 Å². The second-order valence-corrected chi connectivity index (χ2v) is 6.96. The molecular weight excluding hydrogens is 370 g/mol. The lowest BCUT2D eigenvalue weighted by Gasteiger charge is -2.33. The molecular formula is C18H21N3O7. The summed E-state index contributed by atoms with van der Waals surface area (Å²) in [6, 6.07) is 4.82. The van der Waals surface area contributed by atoms with Crippen molar-refractivity contribution in [2.45, 2.75) is 6.42 Å². The minimum atomic E-state index is -0.997. The normalized spacial score (nSPS) is 23.6. The molecule has 2 saturated heterocycles. The first-order valence-electron chi connectivity index (χ1n) is 8.67. The van der Waals surface area contributed by atoms with Crippen LogP contribution in [0.5, 0.6) is 0 Å². The molecule has 2 aliphatic heterocycles. The van der Waals surface area contributed by atoms with Crippen molar-refractivity contribution < 1.29 is 34.4 Å². The zero-order valence-corrected chi connectivity index (χ0v) is 15.2. The molecule has 3 heterocycles. The summed E-state index contributed by atoms with van der Waals surface area (Å²) in [5.74, 6) is -1.14. The Kier molecular flexibility index (Phi) is 5.23. The summed E-state index contributed by atoms with van der Waals surface area (Å²) < 4.78 is 7.35. The second-order valence-electron chi connectivity index (χ2n) is 6.96. The number of fused-ring (bicyclic) bond motifs is 2. The first-order valence-corrected chi connectivity index (χ1v) is 8.67. The Balaban J connectivity index is 0.000000706. The minimum Gasteiger partial charge on any atom is -0.483 e. The highest BCUT2D eigenvalue weighted by Crippen LogP contribution is 2.43. The number of rotatable bonds is 3. The maximum absolute atomic E-state index is 11.9. The first kappa shape index (κ1) is 19.6. The highest BCUT2D eigenvalue weighted by Gasteiger charge is 2.54. The van der Waals surface area contributed by atoms with Gasteiger partial charge in [-0.05, 0) is 30.5 Å². The van der Waals surface area contributed by atoms with Crippen LogP contribution in [0.2, 0.25) is 0 Å². The number of hydrogen-bond acceptors (Lipinski definition) is 6. The van der Waals surface area contributed by atoms with E-state index >= 15 is 0 Å². The van der Waals surface area contributed by atoms with Gasteiger partial charge >= 0.3 is 11.9 Å². The fourth-order valence-corrected chi connectivity index (χ4v) is 4.05. The third kappa shape index (κ3) is 3.15. The van der Waals surface area contributed by atoms with E-state index in [4.69, 9.17) is 19.7 Å². The number of hydrogen-bond donors (Lipinski definition) is 3. The monoisotopic (exact) mass is 391 g/mol. The number of carboxylic acids is 2. The van der Waals surface area contributed by atoms with Gasteiger partial charge < -0.3 is 29.5 Å². The highest BCUT2D eigenvalue weighted by atomic mass is 16.5. The second kappa shape index (κ2) is 7.47. The summed E-state index contributed by atoms with van der Waals surface area (Å²) in [4.78, 5) is 38.0. The largest absolute Gasteiger partial charge is 0.483 e. The molecule has 0 unspecified atom stereocenters. The van der Waals surface area contributed by atoms with Crippen molar-refractivity contribution in [1.29, 1.82) is 0 Å². The number of nitrogens with zero attached hydrogens (tertiary/aromatic N) is 3. The number of ether oxygens (including phenoxy) is 1. The van der Waals surface area contributed by atoms with E-state index in [1.54, 1.807) is 18.2 Å². The predicted molar refractivity (Wildman–Crippen MR) is 97.6 cm³/mol. The van der Waals surface area contributed by atoms with Gasteiger partial charge in [0.25, 0.3) is 6.47 Å². The molecule has 0 amide bonds. The van der Waals surface area contributed by atoms with Gasteiger partial charge in [-0.3, -0.25) is 9.59 Å². The molecule has 2 aliphatic rings. The molecule has 2 fully saturated rings. The van der Waals surface area contributed by atoms with E-state index in [2.05, 4.69) is 4.98 Å². The minimum absolute atomic E-state index is 0.0214. The van der Waals surface area contributed by atoms with E-state index in [0.717, 1.165) is 11.9 Å². The van der Waals surface area contributed by atoms with E-state index in [9.17, 15) is 14.7 Å². The molecule has 2 aromatic rings. The van der Waals surface area contributed by atoms with Crippen molar-refractivity contribution >= 4 is 35.4 Å². The smallest absolute Gasteiger partial charge is 0.335 e. The van der Waals surface area contributed by atoms with Crippen LogP contribution in [0.15, 0.2) is 18.2 Å². The van der Waals surface area contributed by atoms with E-state index in [-0.39, 0.29) is 24.6 Å². The van der Waals surface area contributed by atoms with Crippen LogP contribution < -0.4 is 4.90 Å². The number of anilines is 1. The zero-order valence-electron chi connectivity index (χ0n) is 15.2. The molecule has 1 aromatic heterocycles. The molecule has 10 heteroatoms. The molecule has 28 heavy (non-hydrogen) atoms. The molecule has 150 valence electrons. The molecule has 0 saturated carbocycles. The Morgan fingerprint density at radius 1 is 1.36 bits per heavy atom. The first-order chi connectivity index (χ1) is 13.3. The van der Waals surface area contributed by atoms with E-state index in [1.165, 1.54) is 0 Å². The third-order valence-electron chi connectivity index (χ3n) is 5.48. The Labute approximate surface area is 160 Å². The topological polar surface area (TPSA) is 142 Å². The molecule has 0 bridgehead atoms. The summed E-state index contributed by atoms with van der Waals surface area (Å²) in [7, 11) is 1.86. The molecule has 4 rings (SSSR count). The number of aromatic nitrogens is 2. The van der Waals surface area contributed by atoms with Crippen molar-refractivity contribution in [2.24, 2.45) is 18.4 Å². The van der Waals surface area contributed by atoms with Gasteiger partial charge in [-0.15, -0.1) is 0 Å². The Hall–Kier alpha value is -3.14. The van der Waals surface area contributed by atoms with E-state index < -0.39 is 17.4 Å². The lowest BCUT2D eigenvalue weighted by atomic mass is 9.76. The average molecular weight is 391 g/mol. The Bertz CT molecular complexity index is 925. The number of benzene rings is 1. The van der Waals surface area contributed by atoms with Crippen molar-refractivity contribution in [3.63, 3.8) is 0 Å². The van der Waals surface area contributed by atoms with Gasteiger partial charge in [0.15, 0.2) is 0 Å². The molecule has 0 radical (unpaired) electrons. The van der Waals surface area contributed by atoms with Gasteiger partial charge in [-0.2, -0.15) is 0 Å². The highest BCUT2D eigenvalue weighted by molar-refractivity contribution is 5.93. The zero-order chi connectivity index (χ0) is 20.5. The summed E-state index contributed by atoms with van der Waals surface area (Å²) in [5.41, 5.74) is 0.689. The maximum Gasteiger partial charge on any atom is 0.335 e. The number of carboxylic acid groups (broad SMARTS) is 3. The van der Waals surface area contributed by atoms with Gasteiger partial charge in [0.2, 0.25) is 5.95 Å². The molecule has 0 spiro atoms. The van der Waals surface area contributed by atoms with Crippen molar-refractivity contribution in [1.82, 2.24) is 9.55 Å². The Morgan fingerprint density at radius 3 is 2.68 bits per heavy atom. The van der Waals surface area contributed by atoms with Crippen LogP contribution in [0.3, 0.4) is 0 Å². The van der Waals surface area contributed by atoms with Gasteiger partial charge in [0, 0.05) is 26.7 Å². The maximum atomic E-state index is 11.9. The lowest BCUT2D eigenvalue weighted by molar-refractivity contribution is -0.159. The average Bonchev–Trinajstić information content (AvgIpc) is 3.21. The number of imidazole rings is 1. The summed E-state index contributed by atoms with van der Waals surface area (Å²) in [6.45, 7) is 1.50. The fourth-order valence-electron chi connectivity index (χ4n) is 4.05. The van der Waals surface area contributed by atoms with Crippen LogP contribution in [0.1, 0.15) is 16.8 Å². The molecule has 0 aliphatic carbocycles. The number of aromatic carboxylic acids is 1. The SMILES string of the molecule is Cn1c(N2C[C@@H]3CCOC[C@]3(C(=O)O)C2)nc2cc(C(=O)O)ccc21.O=CO. The van der Waals surface area contributed by atoms with Crippen molar-refractivity contribution in [3.05, 3.63) is 23.8 Å². The standard InChI is InChI=1S/C17H19N3O5.CH2O2/c1-19-13-3-2-10(14(21)22)6-12(13)18-16(19)20-7-11-4-5-25-9-17(11,8-20)15(23)24;2-1-3/h2-3,6,11H,4-5,7-9H2,1H3,(H,21,22)(H,23,24);1H,(H,2,3)/t11-,17+;/m0./s1. The number of carbonyl (C=O) groups is 3. The summed E-state index contributed by atoms with van der Waals surface area (Å²) >= 11 is 0. The number of aryl methyl sites for hydroxylation is 1. The van der Waals surface area contributed by atoms with Gasteiger partial charge in [-0.25, -0.2) is 9.78 Å². The quantitative estimate of drug-likeness (QED) is 0.650. The predicted octanol–water partition coefficient (Wildman–Crippen LogP) is 0.900. The van der Waals surface area contributed by atoms with Gasteiger partial charge in [0.1, 0.15) is 5.41 Å². The molecule has 3 N–H and O–H groups in total. The van der Waals surface area contributed by atoms with Crippen LogP contribution in [0.4, 0.5) is 5.95 Å². The Morgan fingerprint density at radius 2 is 2.07 bits per heavy atom. The van der Waals surface area contributed by atoms with Gasteiger partial charge in [-0.1, -0.05) is 0 Å². The van der Waals surface area contributed by atoms with Crippen LogP contribution in [0, 0.1) is 11.3 Å². The number of aliphatic carboxylic acids is 1. The lowest BCUT2D eigenvalue weighted by Crippen LogP contribution is -2.46. The van der Waals surface area contributed by atoms with Crippen LogP contribution in [-0.2, 0) is 21.4 Å². The summed E-state index contributed by atoms with van der Waals surface area (Å²) in [5, 5.41) is 25.8. The van der Waals surface area contributed by atoms with Crippen LogP contribution in [0.25, 0.3) is 11.0 Å². The van der Waals surface area contributed by atoms with E-state index in [1.807, 2.05) is 16.5 Å². The third-order valence-corrected chi connectivity index (χ3v) is 5.48. The molecule has 2 atom stereocenters. The molecule has 10 nitrogen and oxygen atoms in total. The van der Waals surface area contributed by atoms with Gasteiger partial charge in [0.05, 0.1) is 23.2 Å². The summed E-state index contributed by atoms with van der Waals surface area (Å²) in [6.07, 6.45) is 0.718. The fraction of sp³-hybridized carbons (Fsp3) is 0.444.